The molecule has 0 aliphatic heterocycles. The van der Waals surface area contributed by atoms with Crippen LogP contribution in [0.5, 0.6) is 0 Å². The van der Waals surface area contributed by atoms with Gasteiger partial charge in [-0.15, -0.1) is 0 Å². The topological polar surface area (TPSA) is 41.1 Å². The van der Waals surface area contributed by atoms with Gasteiger partial charge in [-0.25, -0.2) is 4.39 Å². The van der Waals surface area contributed by atoms with Crippen LogP contribution in [0.15, 0.2) is 42.5 Å². The predicted octanol–water partition coefficient (Wildman–Crippen LogP) is 5.36. The summed E-state index contributed by atoms with van der Waals surface area (Å²) in [7, 11) is 0. The second kappa shape index (κ2) is 8.70. The summed E-state index contributed by atoms with van der Waals surface area (Å²) in [5, 5.41) is 0.596. The lowest BCUT2D eigenvalue weighted by Crippen LogP contribution is -2.35. The van der Waals surface area contributed by atoms with Gasteiger partial charge in [0.1, 0.15) is 5.82 Å². The van der Waals surface area contributed by atoms with Gasteiger partial charge in [-0.3, -0.25) is 10.2 Å². The van der Waals surface area contributed by atoms with Gasteiger partial charge in [0.25, 0.3) is 5.91 Å². The van der Waals surface area contributed by atoms with E-state index in [-0.39, 0.29) is 10.6 Å². The minimum Gasteiger partial charge on any atom is -0.277 e. The number of carbonyl (C=O) groups is 1. The first-order valence-electron chi connectivity index (χ1n) is 8.41. The number of carbonyl (C=O) groups excluding carboxylic acids is 1. The average molecular weight is 379 g/mol. The molecule has 132 valence electrons. The lowest BCUT2D eigenvalue weighted by molar-refractivity contribution is 0.0943. The van der Waals surface area contributed by atoms with E-state index < -0.39 is 11.7 Å². The van der Waals surface area contributed by atoms with E-state index in [1.54, 1.807) is 6.07 Å². The normalized spacial score (nSPS) is 15.1. The van der Waals surface area contributed by atoms with Crippen molar-refractivity contribution in [1.82, 2.24) is 10.3 Å². The molecule has 0 radical (unpaired) electrons. The molecule has 0 bridgehead atoms. The number of hydrogen-bond donors (Lipinski definition) is 2. The maximum Gasteiger partial charge on any atom is 0.270 e. The average Bonchev–Trinajstić information content (AvgIpc) is 2.63. The van der Waals surface area contributed by atoms with Crippen LogP contribution in [0.4, 0.5) is 4.39 Å². The molecule has 6 heteroatoms. The molecule has 0 aromatic heterocycles. The van der Waals surface area contributed by atoms with Crippen molar-refractivity contribution in [2.45, 2.75) is 37.4 Å². The summed E-state index contributed by atoms with van der Waals surface area (Å²) in [6.07, 6.45) is 5.97. The summed E-state index contributed by atoms with van der Waals surface area (Å²) in [5.74, 6) is -1.20. The Kier molecular flexibility index (Phi) is 6.34. The van der Waals surface area contributed by atoms with Gasteiger partial charge in [0.05, 0.1) is 10.6 Å². The number of hydrazine groups is 1. The van der Waals surface area contributed by atoms with E-state index in [9.17, 15) is 9.18 Å². The summed E-state index contributed by atoms with van der Waals surface area (Å²) < 4.78 is 14.2. The van der Waals surface area contributed by atoms with Crippen LogP contribution in [0.2, 0.25) is 5.02 Å². The zero-order valence-corrected chi connectivity index (χ0v) is 15.3. The molecule has 1 amide bonds. The van der Waals surface area contributed by atoms with Crippen LogP contribution < -0.4 is 10.3 Å². The lowest BCUT2D eigenvalue weighted by atomic mass is 10.0. The van der Waals surface area contributed by atoms with Gasteiger partial charge in [0.2, 0.25) is 0 Å². The van der Waals surface area contributed by atoms with E-state index in [0.29, 0.717) is 10.8 Å². The molecule has 1 aliphatic rings. The summed E-state index contributed by atoms with van der Waals surface area (Å²) in [6, 6.07) is 12.2. The van der Waals surface area contributed by atoms with Gasteiger partial charge in [-0.05, 0) is 30.5 Å². The van der Waals surface area contributed by atoms with Crippen LogP contribution >= 0.6 is 23.5 Å². The van der Waals surface area contributed by atoms with E-state index in [2.05, 4.69) is 10.3 Å². The highest BCUT2D eigenvalue weighted by Gasteiger charge is 2.20. The maximum absolute atomic E-state index is 14.2. The quantitative estimate of drug-likeness (QED) is 0.543. The molecule has 25 heavy (non-hydrogen) atoms. The van der Waals surface area contributed by atoms with Crippen molar-refractivity contribution in [2.24, 2.45) is 0 Å². The Balaban J connectivity index is 1.71. The summed E-state index contributed by atoms with van der Waals surface area (Å²) in [4.78, 5) is 15.3. The molecular weight excluding hydrogens is 359 g/mol. The van der Waals surface area contributed by atoms with Gasteiger partial charge < -0.3 is 0 Å². The summed E-state index contributed by atoms with van der Waals surface area (Å²) in [5.41, 5.74) is 3.89. The van der Waals surface area contributed by atoms with Crippen molar-refractivity contribution in [2.75, 3.05) is 0 Å². The van der Waals surface area contributed by atoms with Crippen LogP contribution in [0.3, 0.4) is 0 Å². The highest BCUT2D eigenvalue weighted by atomic mass is 35.5. The van der Waals surface area contributed by atoms with Crippen molar-refractivity contribution < 1.29 is 9.18 Å². The van der Waals surface area contributed by atoms with Gasteiger partial charge in [0, 0.05) is 10.8 Å². The molecule has 1 aliphatic carbocycles. The molecule has 1 fully saturated rings. The molecule has 0 saturated heterocycles. The van der Waals surface area contributed by atoms with Crippen LogP contribution in [-0.4, -0.2) is 11.2 Å². The highest BCUT2D eigenvalue weighted by molar-refractivity contribution is 7.98. The Labute approximate surface area is 156 Å². The van der Waals surface area contributed by atoms with Crippen molar-refractivity contribution >= 4 is 29.5 Å². The third-order valence-corrected chi connectivity index (χ3v) is 5.76. The first kappa shape index (κ1) is 18.2. The number of hydrogen-bond acceptors (Lipinski definition) is 3. The van der Waals surface area contributed by atoms with E-state index in [1.165, 1.54) is 37.3 Å². The minimum atomic E-state index is -0.633. The van der Waals surface area contributed by atoms with Crippen molar-refractivity contribution in [3.8, 4) is 11.1 Å². The van der Waals surface area contributed by atoms with Gasteiger partial charge in [-0.1, -0.05) is 73.1 Å². The highest BCUT2D eigenvalue weighted by Crippen LogP contribution is 2.32. The van der Waals surface area contributed by atoms with Crippen LogP contribution in [0.25, 0.3) is 11.1 Å². The van der Waals surface area contributed by atoms with E-state index >= 15 is 0 Å². The van der Waals surface area contributed by atoms with Crippen molar-refractivity contribution in [1.29, 1.82) is 0 Å². The van der Waals surface area contributed by atoms with Gasteiger partial charge in [-0.2, -0.15) is 4.83 Å². The molecule has 0 unspecified atom stereocenters. The molecule has 0 spiro atoms. The minimum absolute atomic E-state index is 0.119. The maximum atomic E-state index is 14.2. The third-order valence-electron chi connectivity index (χ3n) is 4.35. The molecule has 3 rings (SSSR count). The lowest BCUT2D eigenvalue weighted by Gasteiger charge is -2.21. The fourth-order valence-corrected chi connectivity index (χ4v) is 4.24. The molecule has 2 aromatic carbocycles. The van der Waals surface area contributed by atoms with Crippen molar-refractivity contribution in [3.63, 3.8) is 0 Å². The monoisotopic (exact) mass is 378 g/mol. The zero-order chi connectivity index (χ0) is 17.6. The largest absolute Gasteiger partial charge is 0.277 e. The van der Waals surface area contributed by atoms with Crippen LogP contribution in [0, 0.1) is 5.82 Å². The molecule has 1 saturated carbocycles. The number of nitrogens with one attached hydrogen (secondary N) is 2. The molecule has 2 aromatic rings. The third kappa shape index (κ3) is 4.54. The number of benzene rings is 2. The Bertz CT molecular complexity index is 736. The molecule has 0 heterocycles. The second-order valence-electron chi connectivity index (χ2n) is 6.08. The Morgan fingerprint density at radius 3 is 2.52 bits per heavy atom. The second-order valence-corrected chi connectivity index (χ2v) is 7.57. The standard InChI is InChI=1S/C19H20ClFN2OS/c20-18-15(13-7-3-1-4-8-13)11-12-16(21)17(18)19(24)22-23-25-14-9-5-2-6-10-14/h1,3-4,7-8,11-12,14,23H,2,5-6,9-10H2,(H,22,24). The van der Waals surface area contributed by atoms with E-state index in [4.69, 9.17) is 11.6 Å². The van der Waals surface area contributed by atoms with Crippen molar-refractivity contribution in [3.05, 3.63) is 58.9 Å². The molecule has 2 N–H and O–H groups in total. The SMILES string of the molecule is O=C(NNSC1CCCCC1)c1c(F)ccc(-c2ccccc2)c1Cl. The first-order valence-corrected chi connectivity index (χ1v) is 9.67. The summed E-state index contributed by atoms with van der Waals surface area (Å²) in [6.45, 7) is 0. The number of halogens is 2. The Morgan fingerprint density at radius 1 is 1.08 bits per heavy atom. The number of amides is 1. The number of rotatable bonds is 5. The fraction of sp³-hybridized carbons (Fsp3) is 0.316. The fourth-order valence-electron chi connectivity index (χ4n) is 3.01. The van der Waals surface area contributed by atoms with Crippen LogP contribution in [-0.2, 0) is 0 Å². The van der Waals surface area contributed by atoms with Gasteiger partial charge in [0.15, 0.2) is 0 Å². The smallest absolute Gasteiger partial charge is 0.270 e. The predicted molar refractivity (Wildman–Crippen MR) is 102 cm³/mol. The Morgan fingerprint density at radius 2 is 1.80 bits per heavy atom. The van der Waals surface area contributed by atoms with E-state index in [0.717, 1.165) is 18.4 Å². The zero-order valence-electron chi connectivity index (χ0n) is 13.7. The van der Waals surface area contributed by atoms with E-state index in [1.807, 2.05) is 30.3 Å². The van der Waals surface area contributed by atoms with Crippen LogP contribution in [0.1, 0.15) is 42.5 Å². The molecule has 3 nitrogen and oxygen atoms in total. The molecule has 0 atom stereocenters. The van der Waals surface area contributed by atoms with Gasteiger partial charge >= 0.3 is 0 Å². The molecular formula is C19H20ClFN2OS. The summed E-state index contributed by atoms with van der Waals surface area (Å²) >= 11 is 7.82. The Hall–Kier alpha value is -1.56. The first-order chi connectivity index (χ1) is 12.2.